The third-order valence-electron chi connectivity index (χ3n) is 8.27. The molecule has 0 radical (unpaired) electrons. The predicted molar refractivity (Wildman–Crippen MR) is 185 cm³/mol. The number of para-hydroxylation sites is 3. The lowest BCUT2D eigenvalue weighted by atomic mass is 9.96. The average molecular weight is 564 g/mol. The quantitative estimate of drug-likeness (QED) is 0.200. The summed E-state index contributed by atoms with van der Waals surface area (Å²) in [4.78, 5) is 2.38. The molecule has 2 heteroatoms. The van der Waals surface area contributed by atoms with Gasteiger partial charge in [-0.3, -0.25) is 0 Å². The molecule has 0 aliphatic heterocycles. The zero-order chi connectivity index (χ0) is 29.3. The van der Waals surface area contributed by atoms with Crippen molar-refractivity contribution in [2.45, 2.75) is 0 Å². The highest BCUT2D eigenvalue weighted by atomic mass is 16.3. The topological polar surface area (TPSA) is 16.4 Å². The summed E-state index contributed by atoms with van der Waals surface area (Å²) in [7, 11) is 0. The third kappa shape index (κ3) is 4.54. The van der Waals surface area contributed by atoms with Crippen LogP contribution in [0.15, 0.2) is 180 Å². The fourth-order valence-corrected chi connectivity index (χ4v) is 6.24. The van der Waals surface area contributed by atoms with Crippen molar-refractivity contribution in [3.8, 4) is 33.4 Å². The lowest BCUT2D eigenvalue weighted by Gasteiger charge is -2.29. The number of anilines is 3. The Morgan fingerprint density at radius 1 is 0.386 bits per heavy atom. The molecule has 0 fully saturated rings. The Hall–Kier alpha value is -5.86. The second-order valence-electron chi connectivity index (χ2n) is 10.9. The van der Waals surface area contributed by atoms with Gasteiger partial charge in [-0.15, -0.1) is 0 Å². The van der Waals surface area contributed by atoms with Crippen molar-refractivity contribution in [2.75, 3.05) is 4.90 Å². The smallest absolute Gasteiger partial charge is 0.145 e. The molecule has 1 heterocycles. The number of furan rings is 1. The van der Waals surface area contributed by atoms with Gasteiger partial charge in [0, 0.05) is 22.2 Å². The Morgan fingerprint density at radius 2 is 1.00 bits per heavy atom. The largest absolute Gasteiger partial charge is 0.455 e. The van der Waals surface area contributed by atoms with Gasteiger partial charge >= 0.3 is 0 Å². The lowest BCUT2D eigenvalue weighted by Crippen LogP contribution is -2.11. The first-order valence-electron chi connectivity index (χ1n) is 14.9. The Bertz CT molecular complexity index is 2220. The van der Waals surface area contributed by atoms with Crippen LogP contribution in [0.3, 0.4) is 0 Å². The second-order valence-corrected chi connectivity index (χ2v) is 10.9. The average Bonchev–Trinajstić information content (AvgIpc) is 3.50. The number of benzene rings is 7. The van der Waals surface area contributed by atoms with Crippen molar-refractivity contribution < 1.29 is 4.42 Å². The molecular weight excluding hydrogens is 534 g/mol. The minimum absolute atomic E-state index is 0.879. The van der Waals surface area contributed by atoms with E-state index in [0.29, 0.717) is 0 Å². The Morgan fingerprint density at radius 3 is 1.80 bits per heavy atom. The van der Waals surface area contributed by atoms with Crippen LogP contribution in [0.25, 0.3) is 55.3 Å². The van der Waals surface area contributed by atoms with E-state index in [1.54, 1.807) is 0 Å². The molecule has 0 unspecified atom stereocenters. The number of hydrogen-bond donors (Lipinski definition) is 0. The summed E-state index contributed by atoms with van der Waals surface area (Å²) in [6, 6.07) is 62.0. The molecule has 0 aliphatic carbocycles. The summed E-state index contributed by atoms with van der Waals surface area (Å²) in [6.45, 7) is 0. The monoisotopic (exact) mass is 563 g/mol. The van der Waals surface area contributed by atoms with E-state index in [2.05, 4.69) is 175 Å². The van der Waals surface area contributed by atoms with Gasteiger partial charge in [0.15, 0.2) is 0 Å². The van der Waals surface area contributed by atoms with Crippen molar-refractivity contribution >= 4 is 39.0 Å². The van der Waals surface area contributed by atoms with Crippen molar-refractivity contribution in [1.29, 1.82) is 0 Å². The van der Waals surface area contributed by atoms with Crippen molar-refractivity contribution in [2.24, 2.45) is 0 Å². The first-order valence-corrected chi connectivity index (χ1v) is 14.9. The Labute approximate surface area is 257 Å². The van der Waals surface area contributed by atoms with Crippen LogP contribution in [-0.2, 0) is 0 Å². The molecule has 7 aromatic carbocycles. The van der Waals surface area contributed by atoms with Gasteiger partial charge in [0.25, 0.3) is 0 Å². The maximum Gasteiger partial charge on any atom is 0.145 e. The molecule has 1 aromatic heterocycles. The second kappa shape index (κ2) is 11.1. The van der Waals surface area contributed by atoms with Crippen molar-refractivity contribution in [3.63, 3.8) is 0 Å². The molecule has 0 spiro atoms. The van der Waals surface area contributed by atoms with Gasteiger partial charge in [0.05, 0.1) is 16.8 Å². The fourth-order valence-electron chi connectivity index (χ4n) is 6.24. The zero-order valence-electron chi connectivity index (χ0n) is 24.1. The van der Waals surface area contributed by atoms with Gasteiger partial charge in [0.2, 0.25) is 0 Å². The first kappa shape index (κ1) is 25.8. The summed E-state index contributed by atoms with van der Waals surface area (Å²) in [5.74, 6) is 0. The summed E-state index contributed by atoms with van der Waals surface area (Å²) in [5.41, 5.74) is 11.9. The van der Waals surface area contributed by atoms with Crippen LogP contribution < -0.4 is 4.90 Å². The number of hydrogen-bond acceptors (Lipinski definition) is 2. The van der Waals surface area contributed by atoms with Crippen LogP contribution in [0.4, 0.5) is 17.1 Å². The van der Waals surface area contributed by atoms with Gasteiger partial charge < -0.3 is 9.32 Å². The van der Waals surface area contributed by atoms with Gasteiger partial charge in [0.1, 0.15) is 11.2 Å². The molecular formula is C42H29NO. The maximum absolute atomic E-state index is 6.65. The van der Waals surface area contributed by atoms with E-state index >= 15 is 0 Å². The molecule has 0 N–H and O–H groups in total. The molecule has 0 bridgehead atoms. The maximum atomic E-state index is 6.65. The SMILES string of the molecule is c1ccc(-c2cccc(-c3ccccc3N(c3ccccc3)c3ccc(-c4ccccc4)c4oc5ccccc5c34)c2)cc1. The van der Waals surface area contributed by atoms with E-state index in [9.17, 15) is 0 Å². The molecule has 8 aromatic rings. The van der Waals surface area contributed by atoms with Crippen molar-refractivity contribution in [3.05, 3.63) is 176 Å². The van der Waals surface area contributed by atoms with Crippen LogP contribution in [-0.4, -0.2) is 0 Å². The van der Waals surface area contributed by atoms with Gasteiger partial charge in [-0.05, 0) is 64.7 Å². The first-order chi connectivity index (χ1) is 21.8. The van der Waals surface area contributed by atoms with Crippen molar-refractivity contribution in [1.82, 2.24) is 0 Å². The van der Waals surface area contributed by atoms with Crippen LogP contribution in [0, 0.1) is 0 Å². The lowest BCUT2D eigenvalue weighted by molar-refractivity contribution is 0.670. The van der Waals surface area contributed by atoms with Crippen LogP contribution in [0.2, 0.25) is 0 Å². The number of rotatable bonds is 6. The van der Waals surface area contributed by atoms with E-state index in [1.807, 2.05) is 6.07 Å². The molecule has 2 nitrogen and oxygen atoms in total. The van der Waals surface area contributed by atoms with Crippen LogP contribution >= 0.6 is 0 Å². The summed E-state index contributed by atoms with van der Waals surface area (Å²) in [6.07, 6.45) is 0. The van der Waals surface area contributed by atoms with Gasteiger partial charge in [-0.1, -0.05) is 133 Å². The molecule has 8 rings (SSSR count). The highest BCUT2D eigenvalue weighted by Gasteiger charge is 2.23. The zero-order valence-corrected chi connectivity index (χ0v) is 24.1. The number of fused-ring (bicyclic) bond motifs is 3. The molecule has 0 atom stereocenters. The van der Waals surface area contributed by atoms with Gasteiger partial charge in [-0.2, -0.15) is 0 Å². The van der Waals surface area contributed by atoms with E-state index < -0.39 is 0 Å². The van der Waals surface area contributed by atoms with Crippen LogP contribution in [0.5, 0.6) is 0 Å². The molecule has 208 valence electrons. The Balaban J connectivity index is 1.40. The van der Waals surface area contributed by atoms with Crippen LogP contribution in [0.1, 0.15) is 0 Å². The standard InChI is InChI=1S/C42H29NO/c1-4-15-30(16-5-1)32-19-14-20-33(29-32)35-23-10-12-25-38(35)43(34-21-8-3-9-22-34)39-28-27-36(31-17-6-2-7-18-31)42-41(39)37-24-11-13-26-40(37)44-42/h1-29H. The third-order valence-corrected chi connectivity index (χ3v) is 8.27. The predicted octanol–water partition coefficient (Wildman–Crippen LogP) is 12.1. The van der Waals surface area contributed by atoms with E-state index in [4.69, 9.17) is 4.42 Å². The highest BCUT2D eigenvalue weighted by Crippen LogP contribution is 2.48. The molecule has 0 aliphatic rings. The summed E-state index contributed by atoms with van der Waals surface area (Å²) >= 11 is 0. The summed E-state index contributed by atoms with van der Waals surface area (Å²) in [5, 5.41) is 2.19. The minimum atomic E-state index is 0.879. The summed E-state index contributed by atoms with van der Waals surface area (Å²) < 4.78 is 6.65. The normalized spacial score (nSPS) is 11.2. The highest BCUT2D eigenvalue weighted by molar-refractivity contribution is 6.17. The van der Waals surface area contributed by atoms with E-state index in [0.717, 1.165) is 61.3 Å². The Kier molecular flexibility index (Phi) is 6.51. The van der Waals surface area contributed by atoms with Gasteiger partial charge in [-0.25, -0.2) is 0 Å². The molecule has 0 amide bonds. The molecule has 44 heavy (non-hydrogen) atoms. The number of nitrogens with zero attached hydrogens (tertiary/aromatic N) is 1. The molecule has 0 saturated carbocycles. The van der Waals surface area contributed by atoms with E-state index in [-0.39, 0.29) is 0 Å². The van der Waals surface area contributed by atoms with E-state index in [1.165, 1.54) is 11.1 Å². The fraction of sp³-hybridized carbons (Fsp3) is 0. The minimum Gasteiger partial charge on any atom is -0.455 e. The molecule has 0 saturated heterocycles.